The molecule has 2 nitrogen and oxygen atoms in total. The van der Waals surface area contributed by atoms with E-state index in [1.54, 1.807) is 12.4 Å². The van der Waals surface area contributed by atoms with E-state index in [1.165, 1.54) is 0 Å². The molecule has 1 aromatic heterocycles. The third-order valence-corrected chi connectivity index (χ3v) is 3.14. The molecular weight excluding hydrogens is 336 g/mol. The number of ether oxygens (including phenoxy) is 1. The highest BCUT2D eigenvalue weighted by molar-refractivity contribution is 14.1. The minimum Gasteiger partial charge on any atom is -0.488 e. The van der Waals surface area contributed by atoms with E-state index in [0.717, 1.165) is 14.9 Å². The molecule has 0 fully saturated rings. The normalized spacial score (nSPS) is 10.1. The average molecular weight is 346 g/mol. The van der Waals surface area contributed by atoms with E-state index in [0.29, 0.717) is 11.6 Å². The van der Waals surface area contributed by atoms with Crippen LogP contribution in [0.5, 0.6) is 5.75 Å². The van der Waals surface area contributed by atoms with Crippen LogP contribution in [-0.2, 0) is 6.61 Å². The average Bonchev–Trinajstić information content (AvgIpc) is 2.32. The first-order chi connectivity index (χ1) is 7.75. The molecule has 0 saturated heterocycles. The number of pyridine rings is 1. The number of aromatic nitrogens is 1. The Morgan fingerprint density at radius 3 is 2.94 bits per heavy atom. The summed E-state index contributed by atoms with van der Waals surface area (Å²) in [5, 5.41) is 0.682. The summed E-state index contributed by atoms with van der Waals surface area (Å²) in [5.41, 5.74) is 1.04. The number of hydrogen-bond donors (Lipinski definition) is 0. The van der Waals surface area contributed by atoms with Gasteiger partial charge in [-0.2, -0.15) is 0 Å². The van der Waals surface area contributed by atoms with Crippen molar-refractivity contribution in [1.82, 2.24) is 4.98 Å². The van der Waals surface area contributed by atoms with Crippen LogP contribution >= 0.6 is 34.2 Å². The molecule has 0 unspecified atom stereocenters. The summed E-state index contributed by atoms with van der Waals surface area (Å²) < 4.78 is 6.72. The van der Waals surface area contributed by atoms with Crippen LogP contribution < -0.4 is 4.74 Å². The van der Waals surface area contributed by atoms with Gasteiger partial charge in [0.25, 0.3) is 0 Å². The smallest absolute Gasteiger partial charge is 0.134 e. The van der Waals surface area contributed by atoms with Crippen molar-refractivity contribution in [2.24, 2.45) is 0 Å². The van der Waals surface area contributed by atoms with Crippen LogP contribution in [0, 0.1) is 3.57 Å². The fourth-order valence-corrected chi connectivity index (χ4v) is 1.89. The predicted molar refractivity (Wildman–Crippen MR) is 72.7 cm³/mol. The van der Waals surface area contributed by atoms with Crippen LogP contribution in [0.15, 0.2) is 42.7 Å². The Hall–Kier alpha value is -0.810. The van der Waals surface area contributed by atoms with E-state index in [9.17, 15) is 0 Å². The van der Waals surface area contributed by atoms with Crippen molar-refractivity contribution in [1.29, 1.82) is 0 Å². The van der Waals surface area contributed by atoms with E-state index in [-0.39, 0.29) is 0 Å². The molecule has 2 rings (SSSR count). The third kappa shape index (κ3) is 3.09. The molecule has 4 heteroatoms. The van der Waals surface area contributed by atoms with E-state index in [4.69, 9.17) is 16.3 Å². The standard InChI is InChI=1S/C12H9ClINO/c13-10-3-4-11(14)12(6-10)16-8-9-2-1-5-15-7-9/h1-7H,8H2. The molecule has 0 spiro atoms. The molecule has 1 heterocycles. The largest absolute Gasteiger partial charge is 0.488 e. The lowest BCUT2D eigenvalue weighted by molar-refractivity contribution is 0.303. The lowest BCUT2D eigenvalue weighted by Crippen LogP contribution is -1.97. The molecule has 82 valence electrons. The van der Waals surface area contributed by atoms with Gasteiger partial charge in [0, 0.05) is 23.0 Å². The van der Waals surface area contributed by atoms with E-state index in [2.05, 4.69) is 27.6 Å². The zero-order valence-corrected chi connectivity index (χ0v) is 11.3. The van der Waals surface area contributed by atoms with E-state index >= 15 is 0 Å². The molecule has 0 aliphatic rings. The van der Waals surface area contributed by atoms with E-state index < -0.39 is 0 Å². The first-order valence-corrected chi connectivity index (χ1v) is 6.18. The van der Waals surface area contributed by atoms with Gasteiger partial charge < -0.3 is 4.74 Å². The highest BCUT2D eigenvalue weighted by atomic mass is 127. The Labute approximate surface area is 113 Å². The van der Waals surface area contributed by atoms with Gasteiger partial charge in [-0.15, -0.1) is 0 Å². The number of rotatable bonds is 3. The molecule has 2 aromatic rings. The minimum absolute atomic E-state index is 0.504. The van der Waals surface area contributed by atoms with Gasteiger partial charge in [-0.1, -0.05) is 17.7 Å². The highest BCUT2D eigenvalue weighted by Gasteiger charge is 2.02. The summed E-state index contributed by atoms with van der Waals surface area (Å²) in [5.74, 6) is 0.803. The predicted octanol–water partition coefficient (Wildman–Crippen LogP) is 3.92. The Balaban J connectivity index is 2.08. The van der Waals surface area contributed by atoms with Gasteiger partial charge in [0.15, 0.2) is 0 Å². The van der Waals surface area contributed by atoms with Crippen LogP contribution in [-0.4, -0.2) is 4.98 Å². The van der Waals surface area contributed by atoms with Gasteiger partial charge in [-0.3, -0.25) is 4.98 Å². The third-order valence-electron chi connectivity index (χ3n) is 2.01. The maximum atomic E-state index is 5.90. The van der Waals surface area contributed by atoms with Gasteiger partial charge in [0.05, 0.1) is 3.57 Å². The molecule has 0 aliphatic carbocycles. The Morgan fingerprint density at radius 1 is 1.31 bits per heavy atom. The highest BCUT2D eigenvalue weighted by Crippen LogP contribution is 2.25. The maximum Gasteiger partial charge on any atom is 0.134 e. The van der Waals surface area contributed by atoms with Crippen LogP contribution in [0.25, 0.3) is 0 Å². The quantitative estimate of drug-likeness (QED) is 0.787. The van der Waals surface area contributed by atoms with Crippen molar-refractivity contribution in [3.05, 3.63) is 56.9 Å². The summed E-state index contributed by atoms with van der Waals surface area (Å²) >= 11 is 8.12. The monoisotopic (exact) mass is 345 g/mol. The van der Waals surface area contributed by atoms with Crippen LogP contribution in [0.3, 0.4) is 0 Å². The summed E-state index contributed by atoms with van der Waals surface area (Å²) in [6.07, 6.45) is 3.53. The summed E-state index contributed by atoms with van der Waals surface area (Å²) in [6.45, 7) is 0.504. The molecule has 16 heavy (non-hydrogen) atoms. The zero-order valence-electron chi connectivity index (χ0n) is 8.36. The Morgan fingerprint density at radius 2 is 2.19 bits per heavy atom. The molecule has 1 aromatic carbocycles. The first kappa shape index (κ1) is 11.7. The van der Waals surface area contributed by atoms with Crippen molar-refractivity contribution in [2.45, 2.75) is 6.61 Å². The second-order valence-corrected chi connectivity index (χ2v) is 4.82. The van der Waals surface area contributed by atoms with Gasteiger partial charge in [-0.05, 0) is 46.9 Å². The summed E-state index contributed by atoms with van der Waals surface area (Å²) in [6, 6.07) is 9.47. The second kappa shape index (κ2) is 5.50. The molecular formula is C12H9ClINO. The molecule has 0 radical (unpaired) electrons. The Bertz CT molecular complexity index is 476. The molecule has 0 saturated carbocycles. The lowest BCUT2D eigenvalue weighted by atomic mass is 10.3. The van der Waals surface area contributed by atoms with Crippen LogP contribution in [0.2, 0.25) is 5.02 Å². The van der Waals surface area contributed by atoms with Crippen LogP contribution in [0.4, 0.5) is 0 Å². The fourth-order valence-electron chi connectivity index (χ4n) is 1.23. The lowest BCUT2D eigenvalue weighted by Gasteiger charge is -2.08. The van der Waals surface area contributed by atoms with Crippen molar-refractivity contribution < 1.29 is 4.74 Å². The second-order valence-electron chi connectivity index (χ2n) is 3.22. The van der Waals surface area contributed by atoms with Gasteiger partial charge in [0.1, 0.15) is 12.4 Å². The molecule has 0 N–H and O–H groups in total. The van der Waals surface area contributed by atoms with Crippen LogP contribution in [0.1, 0.15) is 5.56 Å². The van der Waals surface area contributed by atoms with Crippen molar-refractivity contribution in [2.75, 3.05) is 0 Å². The maximum absolute atomic E-state index is 5.90. The molecule has 0 aliphatic heterocycles. The van der Waals surface area contributed by atoms with Crippen molar-refractivity contribution >= 4 is 34.2 Å². The van der Waals surface area contributed by atoms with E-state index in [1.807, 2.05) is 30.3 Å². The summed E-state index contributed by atoms with van der Waals surface area (Å²) in [7, 11) is 0. The van der Waals surface area contributed by atoms with Gasteiger partial charge in [0.2, 0.25) is 0 Å². The Kier molecular flexibility index (Phi) is 4.01. The fraction of sp³-hybridized carbons (Fsp3) is 0.0833. The topological polar surface area (TPSA) is 22.1 Å². The minimum atomic E-state index is 0.504. The van der Waals surface area contributed by atoms with Gasteiger partial charge >= 0.3 is 0 Å². The van der Waals surface area contributed by atoms with Crippen molar-refractivity contribution in [3.63, 3.8) is 0 Å². The number of hydrogen-bond acceptors (Lipinski definition) is 2. The van der Waals surface area contributed by atoms with Crippen molar-refractivity contribution in [3.8, 4) is 5.75 Å². The summed E-state index contributed by atoms with van der Waals surface area (Å²) in [4.78, 5) is 4.03. The molecule has 0 atom stereocenters. The number of nitrogens with zero attached hydrogens (tertiary/aromatic N) is 1. The first-order valence-electron chi connectivity index (χ1n) is 4.72. The molecule has 0 bridgehead atoms. The SMILES string of the molecule is Clc1ccc(I)c(OCc2cccnc2)c1. The zero-order chi connectivity index (χ0) is 11.4. The van der Waals surface area contributed by atoms with Gasteiger partial charge in [-0.25, -0.2) is 0 Å². The number of halogens is 2. The molecule has 0 amide bonds. The number of benzene rings is 1.